The number of hydrogen-bond donors (Lipinski definition) is 2. The van der Waals surface area contributed by atoms with Gasteiger partial charge in [0, 0.05) is 11.4 Å². The normalized spacial score (nSPS) is 10.1. The van der Waals surface area contributed by atoms with Crippen molar-refractivity contribution in [3.8, 4) is 0 Å². The SMILES string of the molecule is Cc1csc(NC(=O)C(=O)Nc2cc(C)on2)n1. The molecule has 0 unspecified atom stereocenters. The largest absolute Gasteiger partial charge is 0.360 e. The van der Waals surface area contributed by atoms with Gasteiger partial charge in [0.1, 0.15) is 5.76 Å². The summed E-state index contributed by atoms with van der Waals surface area (Å²) in [6.07, 6.45) is 0. The maximum absolute atomic E-state index is 11.5. The van der Waals surface area contributed by atoms with Crippen LogP contribution < -0.4 is 10.6 Å². The van der Waals surface area contributed by atoms with E-state index < -0.39 is 11.8 Å². The Kier molecular flexibility index (Phi) is 3.38. The highest BCUT2D eigenvalue weighted by molar-refractivity contribution is 7.14. The smallest absolute Gasteiger partial charge is 0.315 e. The van der Waals surface area contributed by atoms with Gasteiger partial charge >= 0.3 is 11.8 Å². The molecule has 0 spiro atoms. The lowest BCUT2D eigenvalue weighted by Crippen LogP contribution is -2.29. The molecular formula is C10H10N4O3S. The van der Waals surface area contributed by atoms with Crippen LogP contribution in [0.5, 0.6) is 0 Å². The van der Waals surface area contributed by atoms with Gasteiger partial charge in [-0.1, -0.05) is 5.16 Å². The van der Waals surface area contributed by atoms with Crippen molar-refractivity contribution in [1.29, 1.82) is 0 Å². The van der Waals surface area contributed by atoms with Crippen LogP contribution >= 0.6 is 11.3 Å². The minimum atomic E-state index is -0.823. The number of carbonyl (C=O) groups excluding carboxylic acids is 2. The Morgan fingerprint density at radius 3 is 2.56 bits per heavy atom. The average molecular weight is 266 g/mol. The Hall–Kier alpha value is -2.22. The molecule has 0 atom stereocenters. The Morgan fingerprint density at radius 1 is 1.28 bits per heavy atom. The lowest BCUT2D eigenvalue weighted by Gasteiger charge is -2.00. The van der Waals surface area contributed by atoms with E-state index >= 15 is 0 Å². The molecule has 0 saturated heterocycles. The van der Waals surface area contributed by atoms with Gasteiger partial charge in [0.2, 0.25) is 0 Å². The second kappa shape index (κ2) is 4.96. The lowest BCUT2D eigenvalue weighted by atomic mass is 10.4. The fourth-order valence-electron chi connectivity index (χ4n) is 1.16. The minimum Gasteiger partial charge on any atom is -0.360 e. The van der Waals surface area contributed by atoms with Crippen LogP contribution in [0.2, 0.25) is 0 Å². The summed E-state index contributed by atoms with van der Waals surface area (Å²) in [5.74, 6) is -0.884. The zero-order valence-electron chi connectivity index (χ0n) is 9.68. The first-order valence-corrected chi connectivity index (χ1v) is 5.90. The number of amides is 2. The Labute approximate surface area is 106 Å². The molecule has 2 aromatic heterocycles. The van der Waals surface area contributed by atoms with Crippen molar-refractivity contribution in [1.82, 2.24) is 10.1 Å². The number of hydrogen-bond acceptors (Lipinski definition) is 6. The van der Waals surface area contributed by atoms with Crippen LogP contribution in [0.15, 0.2) is 16.0 Å². The van der Waals surface area contributed by atoms with Crippen molar-refractivity contribution in [2.45, 2.75) is 13.8 Å². The summed E-state index contributed by atoms with van der Waals surface area (Å²) in [6, 6.07) is 1.51. The van der Waals surface area contributed by atoms with E-state index in [0.29, 0.717) is 10.9 Å². The van der Waals surface area contributed by atoms with Crippen LogP contribution in [0.4, 0.5) is 10.9 Å². The molecular weight excluding hydrogens is 256 g/mol. The van der Waals surface area contributed by atoms with E-state index in [0.717, 1.165) is 5.69 Å². The van der Waals surface area contributed by atoms with Gasteiger partial charge in [-0.25, -0.2) is 4.98 Å². The standard InChI is InChI=1S/C10H10N4O3S/c1-5-4-18-10(11-5)13-9(16)8(15)12-7-3-6(2)17-14-7/h3-4H,1-2H3,(H,11,13,16)(H,12,14,15). The fourth-order valence-corrected chi connectivity index (χ4v) is 1.85. The van der Waals surface area contributed by atoms with Crippen molar-refractivity contribution in [3.63, 3.8) is 0 Å². The highest BCUT2D eigenvalue weighted by Crippen LogP contribution is 2.14. The van der Waals surface area contributed by atoms with Gasteiger partial charge in [-0.15, -0.1) is 11.3 Å². The van der Waals surface area contributed by atoms with Gasteiger partial charge in [-0.3, -0.25) is 20.2 Å². The maximum atomic E-state index is 11.5. The van der Waals surface area contributed by atoms with E-state index in [1.807, 2.05) is 0 Å². The molecule has 2 amide bonds. The number of carbonyl (C=O) groups is 2. The first-order chi connectivity index (χ1) is 8.54. The number of rotatable bonds is 2. The van der Waals surface area contributed by atoms with Gasteiger partial charge in [0.05, 0.1) is 5.69 Å². The monoisotopic (exact) mass is 266 g/mol. The molecule has 18 heavy (non-hydrogen) atoms. The minimum absolute atomic E-state index is 0.197. The van der Waals surface area contributed by atoms with E-state index in [4.69, 9.17) is 4.52 Å². The van der Waals surface area contributed by atoms with E-state index in [-0.39, 0.29) is 5.82 Å². The average Bonchev–Trinajstić information content (AvgIpc) is 2.88. The summed E-state index contributed by atoms with van der Waals surface area (Å²) in [4.78, 5) is 27.0. The summed E-state index contributed by atoms with van der Waals surface area (Å²) in [5, 5.41) is 10.4. The molecule has 2 heterocycles. The van der Waals surface area contributed by atoms with Crippen LogP contribution in [-0.4, -0.2) is 22.0 Å². The van der Waals surface area contributed by atoms with Crippen LogP contribution in [-0.2, 0) is 9.59 Å². The van der Waals surface area contributed by atoms with Crippen molar-refractivity contribution in [2.24, 2.45) is 0 Å². The highest BCUT2D eigenvalue weighted by Gasteiger charge is 2.16. The fraction of sp³-hybridized carbons (Fsp3) is 0.200. The van der Waals surface area contributed by atoms with Crippen LogP contribution in [0, 0.1) is 13.8 Å². The molecule has 2 rings (SSSR count). The molecule has 0 saturated carbocycles. The van der Waals surface area contributed by atoms with Crippen LogP contribution in [0.1, 0.15) is 11.5 Å². The third kappa shape index (κ3) is 2.92. The van der Waals surface area contributed by atoms with Crippen molar-refractivity contribution in [2.75, 3.05) is 10.6 Å². The second-order valence-electron chi connectivity index (χ2n) is 3.53. The van der Waals surface area contributed by atoms with Crippen molar-refractivity contribution < 1.29 is 14.1 Å². The lowest BCUT2D eigenvalue weighted by molar-refractivity contribution is -0.133. The number of nitrogens with zero attached hydrogens (tertiary/aromatic N) is 2. The van der Waals surface area contributed by atoms with Gasteiger partial charge in [-0.05, 0) is 13.8 Å². The van der Waals surface area contributed by atoms with Crippen LogP contribution in [0.3, 0.4) is 0 Å². The first-order valence-electron chi connectivity index (χ1n) is 5.02. The molecule has 7 nitrogen and oxygen atoms in total. The molecule has 0 radical (unpaired) electrons. The summed E-state index contributed by atoms with van der Waals surface area (Å²) in [7, 11) is 0. The molecule has 2 aromatic rings. The van der Waals surface area contributed by atoms with Crippen molar-refractivity contribution >= 4 is 34.1 Å². The van der Waals surface area contributed by atoms with Gasteiger partial charge in [0.25, 0.3) is 0 Å². The molecule has 0 aromatic carbocycles. The number of thiazole rings is 1. The van der Waals surface area contributed by atoms with Gasteiger partial charge in [0.15, 0.2) is 10.9 Å². The molecule has 0 aliphatic rings. The number of nitrogens with one attached hydrogen (secondary N) is 2. The molecule has 8 heteroatoms. The third-order valence-electron chi connectivity index (χ3n) is 1.92. The Bertz CT molecular complexity index is 537. The van der Waals surface area contributed by atoms with E-state index in [2.05, 4.69) is 20.8 Å². The predicted molar refractivity (Wildman–Crippen MR) is 65.4 cm³/mol. The van der Waals surface area contributed by atoms with Gasteiger partial charge in [-0.2, -0.15) is 0 Å². The summed E-state index contributed by atoms with van der Waals surface area (Å²) >= 11 is 1.25. The number of anilines is 2. The Balaban J connectivity index is 1.95. The summed E-state index contributed by atoms with van der Waals surface area (Å²) < 4.78 is 4.76. The number of aromatic nitrogens is 2. The molecule has 0 fully saturated rings. The summed E-state index contributed by atoms with van der Waals surface area (Å²) in [6.45, 7) is 3.48. The quantitative estimate of drug-likeness (QED) is 0.799. The highest BCUT2D eigenvalue weighted by atomic mass is 32.1. The molecule has 0 aliphatic carbocycles. The zero-order valence-corrected chi connectivity index (χ0v) is 10.5. The molecule has 2 N–H and O–H groups in total. The Morgan fingerprint density at radius 2 is 2.00 bits per heavy atom. The van der Waals surface area contributed by atoms with E-state index in [1.54, 1.807) is 19.2 Å². The number of aryl methyl sites for hydroxylation is 2. The maximum Gasteiger partial charge on any atom is 0.315 e. The summed E-state index contributed by atoms with van der Waals surface area (Å²) in [5.41, 5.74) is 0.780. The molecule has 0 bridgehead atoms. The zero-order chi connectivity index (χ0) is 13.1. The van der Waals surface area contributed by atoms with Crippen LogP contribution in [0.25, 0.3) is 0 Å². The van der Waals surface area contributed by atoms with Gasteiger partial charge < -0.3 is 4.52 Å². The first kappa shape index (κ1) is 12.2. The topological polar surface area (TPSA) is 97.1 Å². The van der Waals surface area contributed by atoms with Crippen molar-refractivity contribution in [3.05, 3.63) is 22.9 Å². The molecule has 0 aliphatic heterocycles. The second-order valence-corrected chi connectivity index (χ2v) is 4.38. The predicted octanol–water partition coefficient (Wildman–Crippen LogP) is 1.33. The third-order valence-corrected chi connectivity index (χ3v) is 2.79. The van der Waals surface area contributed by atoms with E-state index in [1.165, 1.54) is 17.4 Å². The van der Waals surface area contributed by atoms with E-state index in [9.17, 15) is 9.59 Å². The molecule has 94 valence electrons.